The van der Waals surface area contributed by atoms with Crippen LogP contribution in [0.25, 0.3) is 5.69 Å². The first-order chi connectivity index (χ1) is 16.2. The number of carbonyl (C=O) groups excluding carboxylic acids is 1. The highest BCUT2D eigenvalue weighted by Gasteiger charge is 2.25. The number of hydrogen-bond donors (Lipinski definition) is 1. The predicted octanol–water partition coefficient (Wildman–Crippen LogP) is 3.25. The van der Waals surface area contributed by atoms with Gasteiger partial charge in [-0.15, -0.1) is 0 Å². The van der Waals surface area contributed by atoms with Crippen molar-refractivity contribution in [3.8, 4) is 11.4 Å². The van der Waals surface area contributed by atoms with E-state index >= 15 is 0 Å². The van der Waals surface area contributed by atoms with Crippen LogP contribution < -0.4 is 15.6 Å². The first-order valence-corrected chi connectivity index (χ1v) is 10.9. The molecule has 0 saturated heterocycles. The van der Waals surface area contributed by atoms with Crippen molar-refractivity contribution in [1.29, 1.82) is 0 Å². The largest absolute Gasteiger partial charge is 0.492 e. The van der Waals surface area contributed by atoms with Gasteiger partial charge in [-0.25, -0.2) is 9.36 Å². The van der Waals surface area contributed by atoms with E-state index in [2.05, 4.69) is 10.4 Å². The predicted molar refractivity (Wildman–Crippen MR) is 124 cm³/mol. The van der Waals surface area contributed by atoms with Gasteiger partial charge in [-0.05, 0) is 49.6 Å². The second-order valence-corrected chi connectivity index (χ2v) is 7.77. The fraction of sp³-hybridized carbons (Fsp3) is 0.200. The second kappa shape index (κ2) is 9.12. The number of carbonyl (C=O) groups is 1. The minimum Gasteiger partial charge on any atom is -0.492 e. The minimum absolute atomic E-state index is 0.155. The number of fused-ring (bicyclic) bond motifs is 1. The number of ether oxygens (including phenoxy) is 1. The van der Waals surface area contributed by atoms with Crippen LogP contribution in [-0.4, -0.2) is 32.1 Å². The molecule has 2 aromatic heterocycles. The molecule has 0 aliphatic heterocycles. The SMILES string of the molecule is O=C(Nc1c2c(nn1-c1ccccc1)CCC2)c1ccc(=O)n(CCOc2ccccc2)n1. The van der Waals surface area contributed by atoms with Gasteiger partial charge in [0.1, 0.15) is 23.9 Å². The molecular formula is C25H23N5O3. The number of rotatable bonds is 7. The molecule has 0 atom stereocenters. The Balaban J connectivity index is 1.35. The van der Waals surface area contributed by atoms with Gasteiger partial charge < -0.3 is 10.1 Å². The molecule has 1 aliphatic carbocycles. The van der Waals surface area contributed by atoms with Crippen LogP contribution in [0.15, 0.2) is 77.6 Å². The zero-order valence-electron chi connectivity index (χ0n) is 18.0. The standard InChI is InChI=1S/C25H23N5O3/c31-23-15-14-22(27-29(23)16-17-33-19-10-5-2-6-11-19)25(32)26-24-20-12-7-13-21(20)28-30(24)18-8-3-1-4-9-18/h1-6,8-11,14-15H,7,12-13,16-17H2,(H,26,32). The van der Waals surface area contributed by atoms with Crippen LogP contribution in [0, 0.1) is 0 Å². The molecule has 4 aromatic rings. The van der Waals surface area contributed by atoms with Crippen molar-refractivity contribution in [2.75, 3.05) is 11.9 Å². The smallest absolute Gasteiger partial charge is 0.277 e. The van der Waals surface area contributed by atoms with E-state index < -0.39 is 0 Å². The number of amides is 1. The topological polar surface area (TPSA) is 91.0 Å². The number of aromatic nitrogens is 4. The number of hydrogen-bond acceptors (Lipinski definition) is 5. The van der Waals surface area contributed by atoms with Crippen molar-refractivity contribution in [3.63, 3.8) is 0 Å². The lowest BCUT2D eigenvalue weighted by Crippen LogP contribution is -2.28. The Morgan fingerprint density at radius 1 is 0.939 bits per heavy atom. The van der Waals surface area contributed by atoms with E-state index in [1.807, 2.05) is 60.7 Å². The van der Waals surface area contributed by atoms with Crippen LogP contribution in [0.3, 0.4) is 0 Å². The Morgan fingerprint density at radius 3 is 2.48 bits per heavy atom. The molecule has 1 aliphatic rings. The summed E-state index contributed by atoms with van der Waals surface area (Å²) in [5, 5.41) is 12.0. The molecule has 8 heteroatoms. The molecule has 0 radical (unpaired) electrons. The van der Waals surface area contributed by atoms with Crippen LogP contribution in [0.2, 0.25) is 0 Å². The van der Waals surface area contributed by atoms with E-state index in [1.54, 1.807) is 4.68 Å². The molecule has 33 heavy (non-hydrogen) atoms. The van der Waals surface area contributed by atoms with E-state index in [-0.39, 0.29) is 30.3 Å². The van der Waals surface area contributed by atoms with Crippen molar-refractivity contribution >= 4 is 11.7 Å². The highest BCUT2D eigenvalue weighted by molar-refractivity contribution is 6.02. The first kappa shape index (κ1) is 20.7. The number of nitrogens with one attached hydrogen (secondary N) is 1. The van der Waals surface area contributed by atoms with Crippen LogP contribution in [0.5, 0.6) is 5.75 Å². The third kappa shape index (κ3) is 4.41. The Kier molecular flexibility index (Phi) is 5.72. The zero-order chi connectivity index (χ0) is 22.6. The van der Waals surface area contributed by atoms with Gasteiger partial charge in [0.15, 0.2) is 0 Å². The average Bonchev–Trinajstić information content (AvgIpc) is 3.44. The van der Waals surface area contributed by atoms with Gasteiger partial charge in [0.25, 0.3) is 11.5 Å². The fourth-order valence-corrected chi connectivity index (χ4v) is 3.94. The third-order valence-electron chi connectivity index (χ3n) is 5.55. The molecular weight excluding hydrogens is 418 g/mol. The maximum atomic E-state index is 13.1. The fourth-order valence-electron chi connectivity index (χ4n) is 3.94. The van der Waals surface area contributed by atoms with E-state index in [4.69, 9.17) is 9.84 Å². The van der Waals surface area contributed by atoms with Gasteiger partial charge >= 0.3 is 0 Å². The quantitative estimate of drug-likeness (QED) is 0.475. The minimum atomic E-state index is -0.389. The van der Waals surface area contributed by atoms with Crippen molar-refractivity contribution in [2.45, 2.75) is 25.8 Å². The van der Waals surface area contributed by atoms with Gasteiger partial charge in [0, 0.05) is 11.6 Å². The molecule has 166 valence electrons. The van der Waals surface area contributed by atoms with Crippen LogP contribution in [-0.2, 0) is 19.4 Å². The Hall–Kier alpha value is -4.20. The molecule has 2 aromatic carbocycles. The molecule has 2 heterocycles. The van der Waals surface area contributed by atoms with E-state index in [0.717, 1.165) is 36.2 Å². The summed E-state index contributed by atoms with van der Waals surface area (Å²) in [6.07, 6.45) is 2.77. The number of anilines is 1. The van der Waals surface area contributed by atoms with Crippen LogP contribution in [0.4, 0.5) is 5.82 Å². The van der Waals surface area contributed by atoms with Crippen molar-refractivity contribution < 1.29 is 9.53 Å². The average molecular weight is 441 g/mol. The zero-order valence-corrected chi connectivity index (χ0v) is 18.0. The summed E-state index contributed by atoms with van der Waals surface area (Å²) in [5.74, 6) is 0.979. The van der Waals surface area contributed by atoms with Crippen molar-refractivity contribution in [1.82, 2.24) is 19.6 Å². The van der Waals surface area contributed by atoms with E-state index in [0.29, 0.717) is 11.6 Å². The van der Waals surface area contributed by atoms with Gasteiger partial charge in [-0.1, -0.05) is 36.4 Å². The van der Waals surface area contributed by atoms with E-state index in [1.165, 1.54) is 16.8 Å². The summed E-state index contributed by atoms with van der Waals surface area (Å²) in [4.78, 5) is 25.3. The summed E-state index contributed by atoms with van der Waals surface area (Å²) in [5.41, 5.74) is 2.79. The molecule has 1 N–H and O–H groups in total. The lowest BCUT2D eigenvalue weighted by atomic mass is 10.2. The highest BCUT2D eigenvalue weighted by Crippen LogP contribution is 2.31. The summed E-state index contributed by atoms with van der Waals surface area (Å²) < 4.78 is 8.67. The molecule has 5 rings (SSSR count). The molecule has 8 nitrogen and oxygen atoms in total. The summed E-state index contributed by atoms with van der Waals surface area (Å²) >= 11 is 0. The van der Waals surface area contributed by atoms with E-state index in [9.17, 15) is 9.59 Å². The van der Waals surface area contributed by atoms with Crippen LogP contribution >= 0.6 is 0 Å². The third-order valence-corrected chi connectivity index (χ3v) is 5.55. The Morgan fingerprint density at radius 2 is 1.70 bits per heavy atom. The normalized spacial score (nSPS) is 12.4. The van der Waals surface area contributed by atoms with Gasteiger partial charge in [0.2, 0.25) is 0 Å². The maximum Gasteiger partial charge on any atom is 0.277 e. The molecule has 0 unspecified atom stereocenters. The van der Waals surface area contributed by atoms with Gasteiger partial charge in [0.05, 0.1) is 17.9 Å². The summed E-state index contributed by atoms with van der Waals surface area (Å²) in [7, 11) is 0. The highest BCUT2D eigenvalue weighted by atomic mass is 16.5. The first-order valence-electron chi connectivity index (χ1n) is 10.9. The maximum absolute atomic E-state index is 13.1. The molecule has 0 bridgehead atoms. The molecule has 0 spiro atoms. The lowest BCUT2D eigenvalue weighted by molar-refractivity contribution is 0.101. The summed E-state index contributed by atoms with van der Waals surface area (Å²) in [6.45, 7) is 0.489. The number of benzene rings is 2. The van der Waals surface area contributed by atoms with Crippen LogP contribution in [0.1, 0.15) is 28.2 Å². The number of nitrogens with zero attached hydrogens (tertiary/aromatic N) is 4. The molecule has 1 amide bonds. The summed E-state index contributed by atoms with van der Waals surface area (Å²) in [6, 6.07) is 21.8. The Labute approximate surface area is 190 Å². The number of aryl methyl sites for hydroxylation is 1. The molecule has 0 fully saturated rings. The Bertz CT molecular complexity index is 1330. The lowest BCUT2D eigenvalue weighted by Gasteiger charge is -2.12. The van der Waals surface area contributed by atoms with Gasteiger partial charge in [-0.2, -0.15) is 10.2 Å². The molecule has 0 saturated carbocycles. The van der Waals surface area contributed by atoms with Crippen molar-refractivity contribution in [2.24, 2.45) is 0 Å². The second-order valence-electron chi connectivity index (χ2n) is 7.77. The monoisotopic (exact) mass is 441 g/mol. The number of para-hydroxylation sites is 2. The van der Waals surface area contributed by atoms with Crippen molar-refractivity contribution in [3.05, 3.63) is 100 Å². The van der Waals surface area contributed by atoms with Gasteiger partial charge in [-0.3, -0.25) is 9.59 Å².